The molecule has 1 amide bonds. The Morgan fingerprint density at radius 3 is 2.56 bits per heavy atom. The summed E-state index contributed by atoms with van der Waals surface area (Å²) in [6.45, 7) is 1.61. The Hall–Kier alpha value is -2.34. The number of ether oxygens (including phenoxy) is 1. The monoisotopic (exact) mass is 344 g/mol. The number of hydrogen-bond acceptors (Lipinski definition) is 5. The van der Waals surface area contributed by atoms with Crippen LogP contribution >= 0.6 is 0 Å². The van der Waals surface area contributed by atoms with Crippen molar-refractivity contribution in [3.8, 4) is 17.0 Å². The number of carbonyl (C=O) groups excluding carboxylic acids is 1. The number of amides is 1. The molecule has 1 aliphatic carbocycles. The molecule has 1 atom stereocenters. The highest BCUT2D eigenvalue weighted by molar-refractivity contribution is 5.94. The van der Waals surface area contributed by atoms with E-state index >= 15 is 0 Å². The fourth-order valence-electron chi connectivity index (χ4n) is 3.30. The first-order chi connectivity index (χ1) is 12.1. The van der Waals surface area contributed by atoms with Crippen molar-refractivity contribution in [2.24, 2.45) is 0 Å². The number of aliphatic hydroxyl groups is 1. The van der Waals surface area contributed by atoms with Gasteiger partial charge in [0.1, 0.15) is 11.4 Å². The molecule has 6 nitrogen and oxygen atoms in total. The molecule has 1 fully saturated rings. The van der Waals surface area contributed by atoms with Gasteiger partial charge in [0, 0.05) is 11.6 Å². The zero-order valence-corrected chi connectivity index (χ0v) is 14.6. The van der Waals surface area contributed by atoms with Gasteiger partial charge in [-0.1, -0.05) is 24.4 Å². The number of nitrogens with one attached hydrogen (secondary N) is 1. The van der Waals surface area contributed by atoms with Crippen molar-refractivity contribution in [1.29, 1.82) is 0 Å². The standard InChI is InChI=1S/C19H24N2O4/c1-12(22)16-17(13-8-10-15(24-2)11-9-13)21-25-18(16)19(23)20-14-6-4-3-5-7-14/h8-12,14,22H,3-7H2,1-2H3,(H,20,23). The van der Waals surface area contributed by atoms with Crippen LogP contribution in [-0.2, 0) is 0 Å². The summed E-state index contributed by atoms with van der Waals surface area (Å²) in [5.74, 6) is 0.502. The van der Waals surface area contributed by atoms with Crippen molar-refractivity contribution >= 4 is 5.91 Å². The van der Waals surface area contributed by atoms with Gasteiger partial charge in [-0.15, -0.1) is 0 Å². The van der Waals surface area contributed by atoms with Crippen molar-refractivity contribution in [1.82, 2.24) is 10.5 Å². The molecular formula is C19H24N2O4. The molecule has 0 radical (unpaired) electrons. The van der Waals surface area contributed by atoms with Crippen molar-refractivity contribution in [3.63, 3.8) is 0 Å². The predicted octanol–water partition coefficient (Wildman–Crippen LogP) is 3.47. The highest BCUT2D eigenvalue weighted by Crippen LogP contribution is 2.31. The van der Waals surface area contributed by atoms with Gasteiger partial charge in [0.2, 0.25) is 5.76 Å². The highest BCUT2D eigenvalue weighted by Gasteiger charge is 2.28. The van der Waals surface area contributed by atoms with Gasteiger partial charge in [0.05, 0.1) is 18.8 Å². The molecular weight excluding hydrogens is 320 g/mol. The SMILES string of the molecule is COc1ccc(-c2noc(C(=O)NC3CCCCC3)c2C(C)O)cc1. The second-order valence-corrected chi connectivity index (χ2v) is 6.49. The summed E-state index contributed by atoms with van der Waals surface area (Å²) in [5.41, 5.74) is 1.65. The van der Waals surface area contributed by atoms with Gasteiger partial charge in [0.25, 0.3) is 5.91 Å². The lowest BCUT2D eigenvalue weighted by atomic mass is 9.95. The molecule has 1 unspecified atom stereocenters. The Balaban J connectivity index is 1.87. The van der Waals surface area contributed by atoms with E-state index in [0.29, 0.717) is 11.3 Å². The number of benzene rings is 1. The number of hydrogen-bond donors (Lipinski definition) is 2. The van der Waals surface area contributed by atoms with Crippen LogP contribution in [0, 0.1) is 0 Å². The van der Waals surface area contributed by atoms with E-state index < -0.39 is 6.10 Å². The summed E-state index contributed by atoms with van der Waals surface area (Å²) in [7, 11) is 1.60. The molecule has 0 saturated heterocycles. The Labute approximate surface area is 147 Å². The number of carbonyl (C=O) groups is 1. The lowest BCUT2D eigenvalue weighted by Crippen LogP contribution is -2.36. The summed E-state index contributed by atoms with van der Waals surface area (Å²) in [4.78, 5) is 12.6. The topological polar surface area (TPSA) is 84.6 Å². The third-order valence-electron chi connectivity index (χ3n) is 4.66. The molecule has 1 aliphatic rings. The first-order valence-electron chi connectivity index (χ1n) is 8.73. The van der Waals surface area contributed by atoms with Gasteiger partial charge in [-0.25, -0.2) is 0 Å². The van der Waals surface area contributed by atoms with Crippen LogP contribution in [0.2, 0.25) is 0 Å². The van der Waals surface area contributed by atoms with Gasteiger partial charge < -0.3 is 19.7 Å². The quantitative estimate of drug-likeness (QED) is 0.867. The van der Waals surface area contributed by atoms with Crippen LogP contribution < -0.4 is 10.1 Å². The molecule has 0 bridgehead atoms. The maximum atomic E-state index is 12.6. The first kappa shape index (κ1) is 17.5. The van der Waals surface area contributed by atoms with Crippen molar-refractivity contribution in [3.05, 3.63) is 35.6 Å². The highest BCUT2D eigenvalue weighted by atomic mass is 16.5. The molecule has 6 heteroatoms. The van der Waals surface area contributed by atoms with E-state index in [1.807, 2.05) is 12.1 Å². The maximum absolute atomic E-state index is 12.6. The van der Waals surface area contributed by atoms with Crippen molar-refractivity contribution < 1.29 is 19.2 Å². The fourth-order valence-corrected chi connectivity index (χ4v) is 3.30. The largest absolute Gasteiger partial charge is 0.497 e. The molecule has 2 N–H and O–H groups in total. The van der Waals surface area contributed by atoms with Crippen LogP contribution in [-0.4, -0.2) is 29.3 Å². The van der Waals surface area contributed by atoms with E-state index in [0.717, 1.165) is 37.0 Å². The molecule has 0 spiro atoms. The van der Waals surface area contributed by atoms with Gasteiger partial charge in [0.15, 0.2) is 0 Å². The zero-order chi connectivity index (χ0) is 17.8. The Kier molecular flexibility index (Phi) is 5.38. The van der Waals surface area contributed by atoms with Crippen molar-refractivity contribution in [2.75, 3.05) is 7.11 Å². The minimum Gasteiger partial charge on any atom is -0.497 e. The molecule has 3 rings (SSSR count). The average molecular weight is 344 g/mol. The summed E-state index contributed by atoms with van der Waals surface area (Å²) < 4.78 is 10.5. The maximum Gasteiger partial charge on any atom is 0.290 e. The van der Waals surface area contributed by atoms with E-state index in [9.17, 15) is 9.90 Å². The summed E-state index contributed by atoms with van der Waals surface area (Å²) in [6.07, 6.45) is 4.57. The van der Waals surface area contributed by atoms with Crippen LogP contribution in [0.3, 0.4) is 0 Å². The fraction of sp³-hybridized carbons (Fsp3) is 0.474. The molecule has 25 heavy (non-hydrogen) atoms. The minimum atomic E-state index is -0.865. The summed E-state index contributed by atoms with van der Waals surface area (Å²) in [5, 5.41) is 17.2. The zero-order valence-electron chi connectivity index (χ0n) is 14.6. The van der Waals surface area contributed by atoms with Crippen LogP contribution in [0.25, 0.3) is 11.3 Å². The number of nitrogens with zero attached hydrogens (tertiary/aromatic N) is 1. The van der Waals surface area contributed by atoms with Crippen LogP contribution in [0.15, 0.2) is 28.8 Å². The molecule has 134 valence electrons. The van der Waals surface area contributed by atoms with Crippen LogP contribution in [0.5, 0.6) is 5.75 Å². The van der Waals surface area contributed by atoms with Crippen LogP contribution in [0.1, 0.15) is 61.3 Å². The number of rotatable bonds is 5. The van der Waals surface area contributed by atoms with E-state index in [1.54, 1.807) is 26.2 Å². The minimum absolute atomic E-state index is 0.0893. The Morgan fingerprint density at radius 1 is 1.28 bits per heavy atom. The molecule has 1 aromatic carbocycles. The molecule has 1 heterocycles. The molecule has 1 aromatic heterocycles. The first-order valence-corrected chi connectivity index (χ1v) is 8.73. The molecule has 2 aromatic rings. The molecule has 1 saturated carbocycles. The van der Waals surface area contributed by atoms with Gasteiger partial charge in [-0.2, -0.15) is 0 Å². The second kappa shape index (κ2) is 7.70. The number of aromatic nitrogens is 1. The second-order valence-electron chi connectivity index (χ2n) is 6.49. The van der Waals surface area contributed by atoms with Crippen LogP contribution in [0.4, 0.5) is 0 Å². The van der Waals surface area contributed by atoms with E-state index in [1.165, 1.54) is 6.42 Å². The van der Waals surface area contributed by atoms with E-state index in [-0.39, 0.29) is 17.7 Å². The smallest absolute Gasteiger partial charge is 0.290 e. The number of aliphatic hydroxyl groups excluding tert-OH is 1. The third kappa shape index (κ3) is 3.85. The Bertz CT molecular complexity index is 716. The summed E-state index contributed by atoms with van der Waals surface area (Å²) in [6, 6.07) is 7.42. The van der Waals surface area contributed by atoms with Gasteiger partial charge in [-0.05, 0) is 44.0 Å². The number of methoxy groups -OCH3 is 1. The van der Waals surface area contributed by atoms with E-state index in [4.69, 9.17) is 9.26 Å². The lowest BCUT2D eigenvalue weighted by Gasteiger charge is -2.22. The summed E-state index contributed by atoms with van der Waals surface area (Å²) >= 11 is 0. The third-order valence-corrected chi connectivity index (χ3v) is 4.66. The normalized spacial score (nSPS) is 16.4. The van der Waals surface area contributed by atoms with E-state index in [2.05, 4.69) is 10.5 Å². The van der Waals surface area contributed by atoms with Gasteiger partial charge in [-0.3, -0.25) is 4.79 Å². The lowest BCUT2D eigenvalue weighted by molar-refractivity contribution is 0.0881. The van der Waals surface area contributed by atoms with Gasteiger partial charge >= 0.3 is 0 Å². The molecule has 0 aliphatic heterocycles. The Morgan fingerprint density at radius 2 is 1.96 bits per heavy atom. The predicted molar refractivity (Wildman–Crippen MR) is 93.5 cm³/mol. The van der Waals surface area contributed by atoms with Crippen molar-refractivity contribution in [2.45, 2.75) is 51.2 Å². The average Bonchev–Trinajstić information content (AvgIpc) is 3.08.